The number of ether oxygens (including phenoxy) is 1. The number of nitrogens with zero attached hydrogens (tertiary/aromatic N) is 1. The van der Waals surface area contributed by atoms with Crippen molar-refractivity contribution in [2.45, 2.75) is 96.5 Å². The summed E-state index contributed by atoms with van der Waals surface area (Å²) in [6, 6.07) is 0. The molecule has 174 valence electrons. The van der Waals surface area contributed by atoms with Crippen molar-refractivity contribution < 1.29 is 23.9 Å². The number of esters is 1. The molecule has 1 N–H and O–H groups in total. The first-order chi connectivity index (χ1) is 14.2. The summed E-state index contributed by atoms with van der Waals surface area (Å²) in [5, 5.41) is 9.00. The zero-order valence-corrected chi connectivity index (χ0v) is 19.9. The summed E-state index contributed by atoms with van der Waals surface area (Å²) in [6.45, 7) is 2.73. The number of hydrogen-bond donors (Lipinski definition) is 1. The molecule has 1 unspecified atom stereocenters. The van der Waals surface area contributed by atoms with Gasteiger partial charge in [-0.25, -0.2) is 0 Å². The van der Waals surface area contributed by atoms with E-state index in [1.54, 1.807) is 0 Å². The highest BCUT2D eigenvalue weighted by Gasteiger charge is 2.24. The van der Waals surface area contributed by atoms with E-state index in [-0.39, 0.29) is 12.4 Å². The van der Waals surface area contributed by atoms with Gasteiger partial charge >= 0.3 is 11.9 Å². The smallest absolute Gasteiger partial charge is 0.307 e. The topological polar surface area (TPSA) is 63.6 Å². The van der Waals surface area contributed by atoms with Gasteiger partial charge in [0.1, 0.15) is 6.54 Å². The Morgan fingerprint density at radius 3 is 2.00 bits per heavy atom. The summed E-state index contributed by atoms with van der Waals surface area (Å²) in [4.78, 5) is 23.0. The van der Waals surface area contributed by atoms with Gasteiger partial charge in [-0.3, -0.25) is 9.59 Å². The van der Waals surface area contributed by atoms with Crippen molar-refractivity contribution in [3.8, 4) is 0 Å². The second kappa shape index (κ2) is 18.2. The van der Waals surface area contributed by atoms with E-state index in [1.807, 2.05) is 21.1 Å². The van der Waals surface area contributed by atoms with Crippen LogP contribution in [0.15, 0.2) is 24.3 Å². The van der Waals surface area contributed by atoms with Crippen LogP contribution < -0.4 is 0 Å². The van der Waals surface area contributed by atoms with Gasteiger partial charge in [-0.15, -0.1) is 0 Å². The molecule has 0 aromatic carbocycles. The molecule has 0 aromatic rings. The molecule has 30 heavy (non-hydrogen) atoms. The van der Waals surface area contributed by atoms with Gasteiger partial charge < -0.3 is 14.3 Å². The van der Waals surface area contributed by atoms with Crippen molar-refractivity contribution in [1.82, 2.24) is 0 Å². The van der Waals surface area contributed by atoms with E-state index in [2.05, 4.69) is 31.2 Å². The van der Waals surface area contributed by atoms with Crippen LogP contribution in [0.4, 0.5) is 0 Å². The Labute approximate surface area is 184 Å². The molecule has 1 atom stereocenters. The van der Waals surface area contributed by atoms with Crippen molar-refractivity contribution in [3.63, 3.8) is 0 Å². The number of carbonyl (C=O) groups is 2. The minimum Gasteiger partial charge on any atom is -0.481 e. The zero-order chi connectivity index (χ0) is 22.7. The second-order valence-corrected chi connectivity index (χ2v) is 9.16. The molecule has 0 aliphatic heterocycles. The van der Waals surface area contributed by atoms with Crippen LogP contribution in [0, 0.1) is 0 Å². The number of carboxylic acids is 1. The molecule has 0 heterocycles. The normalized spacial score (nSPS) is 13.2. The first-order valence-electron chi connectivity index (χ1n) is 11.8. The highest BCUT2D eigenvalue weighted by molar-refractivity contribution is 5.71. The number of carbonyl (C=O) groups excluding carboxylic acids is 1. The monoisotopic (exact) mass is 424 g/mol. The third-order valence-electron chi connectivity index (χ3n) is 4.78. The average molecular weight is 425 g/mol. The molecular formula is C25H46NO4+. The summed E-state index contributed by atoms with van der Waals surface area (Å²) in [5.41, 5.74) is 0. The number of quaternary nitrogens is 1. The Balaban J connectivity index is 3.71. The summed E-state index contributed by atoms with van der Waals surface area (Å²) in [7, 11) is 5.88. The maximum absolute atomic E-state index is 12.0. The van der Waals surface area contributed by atoms with E-state index in [9.17, 15) is 9.59 Å². The fraction of sp³-hybridized carbons (Fsp3) is 0.760. The lowest BCUT2D eigenvalue weighted by atomic mass is 10.1. The Hall–Kier alpha value is -1.62. The van der Waals surface area contributed by atoms with E-state index in [0.29, 0.717) is 17.4 Å². The molecule has 0 fully saturated rings. The number of carboxylic acid groups (broad SMARTS) is 1. The first-order valence-corrected chi connectivity index (χ1v) is 11.8. The summed E-state index contributed by atoms with van der Waals surface area (Å²) in [6.07, 6.45) is 21.3. The number of aliphatic carboxylic acids is 1. The quantitative estimate of drug-likeness (QED) is 0.121. The Kier molecular flexibility index (Phi) is 17.2. The van der Waals surface area contributed by atoms with E-state index in [1.165, 1.54) is 38.5 Å². The molecule has 0 rings (SSSR count). The SMILES string of the molecule is CCCCC/C=C\C/C=C\CCCCCCCC(=O)OC(CC(=O)O)C[N+](C)(C)C. The molecule has 0 spiro atoms. The van der Waals surface area contributed by atoms with Crippen LogP contribution >= 0.6 is 0 Å². The van der Waals surface area contributed by atoms with Crippen molar-refractivity contribution in [2.75, 3.05) is 27.7 Å². The molecule has 0 radical (unpaired) electrons. The van der Waals surface area contributed by atoms with Gasteiger partial charge in [0.25, 0.3) is 0 Å². The van der Waals surface area contributed by atoms with Gasteiger partial charge in [-0.2, -0.15) is 0 Å². The summed E-state index contributed by atoms with van der Waals surface area (Å²) >= 11 is 0. The fourth-order valence-electron chi connectivity index (χ4n) is 3.27. The molecular weight excluding hydrogens is 378 g/mol. The number of unbranched alkanes of at least 4 members (excludes halogenated alkanes) is 8. The first kappa shape index (κ1) is 28.4. The van der Waals surface area contributed by atoms with Crippen LogP contribution in [0.3, 0.4) is 0 Å². The molecule has 0 amide bonds. The maximum atomic E-state index is 12.0. The minimum absolute atomic E-state index is 0.135. The second-order valence-electron chi connectivity index (χ2n) is 9.16. The van der Waals surface area contributed by atoms with E-state index < -0.39 is 12.1 Å². The van der Waals surface area contributed by atoms with Crippen LogP contribution in [0.2, 0.25) is 0 Å². The van der Waals surface area contributed by atoms with E-state index in [0.717, 1.165) is 32.1 Å². The Morgan fingerprint density at radius 2 is 1.43 bits per heavy atom. The lowest BCUT2D eigenvalue weighted by Crippen LogP contribution is -2.43. The molecule has 0 saturated heterocycles. The predicted molar refractivity (Wildman–Crippen MR) is 124 cm³/mol. The van der Waals surface area contributed by atoms with Crippen molar-refractivity contribution in [2.24, 2.45) is 0 Å². The number of hydrogen-bond acceptors (Lipinski definition) is 3. The summed E-state index contributed by atoms with van der Waals surface area (Å²) < 4.78 is 5.97. The maximum Gasteiger partial charge on any atom is 0.307 e. The zero-order valence-electron chi connectivity index (χ0n) is 19.9. The largest absolute Gasteiger partial charge is 0.481 e. The van der Waals surface area contributed by atoms with Crippen LogP contribution in [0.25, 0.3) is 0 Å². The van der Waals surface area contributed by atoms with E-state index >= 15 is 0 Å². The average Bonchev–Trinajstić information content (AvgIpc) is 2.63. The van der Waals surface area contributed by atoms with Gasteiger partial charge in [-0.1, -0.05) is 63.3 Å². The number of rotatable bonds is 19. The molecule has 0 bridgehead atoms. The van der Waals surface area contributed by atoms with Crippen molar-refractivity contribution >= 4 is 11.9 Å². The van der Waals surface area contributed by atoms with Crippen LogP contribution in [-0.2, 0) is 14.3 Å². The molecule has 0 aliphatic carbocycles. The predicted octanol–water partition coefficient (Wildman–Crippen LogP) is 5.89. The third-order valence-corrected chi connectivity index (χ3v) is 4.78. The lowest BCUT2D eigenvalue weighted by molar-refractivity contribution is -0.873. The Morgan fingerprint density at radius 1 is 0.867 bits per heavy atom. The van der Waals surface area contributed by atoms with Gasteiger partial charge in [-0.05, 0) is 38.5 Å². The van der Waals surface area contributed by atoms with Crippen LogP contribution in [0.1, 0.15) is 90.4 Å². The standard InChI is InChI=1S/C25H45NO4/c1-5-6-7-8-9-10-11-12-13-14-15-16-17-18-19-20-25(29)30-23(21-24(27)28)22-26(2,3)4/h9-10,12-13,23H,5-8,11,14-22H2,1-4H3/p+1/b10-9-,13-12-. The summed E-state index contributed by atoms with van der Waals surface area (Å²) in [5.74, 6) is -1.21. The van der Waals surface area contributed by atoms with Gasteiger partial charge in [0, 0.05) is 6.42 Å². The van der Waals surface area contributed by atoms with Gasteiger partial charge in [0.05, 0.1) is 27.6 Å². The Bertz CT molecular complexity index is 506. The highest BCUT2D eigenvalue weighted by atomic mass is 16.5. The van der Waals surface area contributed by atoms with E-state index in [4.69, 9.17) is 9.84 Å². The molecule has 0 aromatic heterocycles. The van der Waals surface area contributed by atoms with Gasteiger partial charge in [0.15, 0.2) is 6.10 Å². The number of allylic oxidation sites excluding steroid dienone is 4. The molecule has 5 nitrogen and oxygen atoms in total. The van der Waals surface area contributed by atoms with Crippen LogP contribution in [-0.4, -0.2) is 55.3 Å². The van der Waals surface area contributed by atoms with Crippen molar-refractivity contribution in [3.05, 3.63) is 24.3 Å². The molecule has 5 heteroatoms. The molecule has 0 saturated carbocycles. The fourth-order valence-corrected chi connectivity index (χ4v) is 3.27. The molecule has 0 aliphatic rings. The highest BCUT2D eigenvalue weighted by Crippen LogP contribution is 2.11. The van der Waals surface area contributed by atoms with Crippen molar-refractivity contribution in [1.29, 1.82) is 0 Å². The van der Waals surface area contributed by atoms with Crippen LogP contribution in [0.5, 0.6) is 0 Å². The minimum atomic E-state index is -0.932. The van der Waals surface area contributed by atoms with Gasteiger partial charge in [0.2, 0.25) is 0 Å². The third kappa shape index (κ3) is 21.1. The number of likely N-dealkylation sites (N-methyl/N-ethyl adjacent to an activating group) is 1. The lowest BCUT2D eigenvalue weighted by Gasteiger charge is -2.28.